The maximum atomic E-state index is 12.3. The number of benzene rings is 2. The van der Waals surface area contributed by atoms with Gasteiger partial charge >= 0.3 is 5.97 Å². The van der Waals surface area contributed by atoms with E-state index in [0.717, 1.165) is 11.1 Å². The Morgan fingerprint density at radius 2 is 1.89 bits per heavy atom. The lowest BCUT2D eigenvalue weighted by atomic mass is 10.1. The summed E-state index contributed by atoms with van der Waals surface area (Å²) < 4.78 is 7.05. The van der Waals surface area contributed by atoms with Gasteiger partial charge in [-0.05, 0) is 42.3 Å². The van der Waals surface area contributed by atoms with Crippen LogP contribution >= 0.6 is 11.6 Å². The van der Waals surface area contributed by atoms with Crippen LogP contribution in [0.25, 0.3) is 0 Å². The fourth-order valence-corrected chi connectivity index (χ4v) is 2.78. The number of carbonyl (C=O) groups is 2. The summed E-state index contributed by atoms with van der Waals surface area (Å²) in [4.78, 5) is 24.5. The topological polar surface area (TPSA) is 73.2 Å². The number of carbonyl (C=O) groups excluding carboxylic acids is 2. The second-order valence-electron chi connectivity index (χ2n) is 6.26. The highest BCUT2D eigenvalue weighted by Crippen LogP contribution is 2.14. The fraction of sp³-hybridized carbons (Fsp3) is 0.190. The maximum absolute atomic E-state index is 12.3. The molecule has 0 radical (unpaired) electrons. The fourth-order valence-electron chi connectivity index (χ4n) is 2.58. The van der Waals surface area contributed by atoms with E-state index in [1.54, 1.807) is 29.1 Å². The van der Waals surface area contributed by atoms with E-state index in [2.05, 4.69) is 10.4 Å². The number of hydrogen-bond donors (Lipinski definition) is 1. The third-order valence-corrected chi connectivity index (χ3v) is 4.53. The Morgan fingerprint density at radius 3 is 2.57 bits per heavy atom. The Labute approximate surface area is 168 Å². The van der Waals surface area contributed by atoms with Crippen LogP contribution in [0.5, 0.6) is 0 Å². The molecule has 1 amide bonds. The van der Waals surface area contributed by atoms with E-state index in [1.807, 2.05) is 42.6 Å². The first-order valence-electron chi connectivity index (χ1n) is 8.81. The zero-order chi connectivity index (χ0) is 19.9. The zero-order valence-electron chi connectivity index (χ0n) is 15.3. The van der Waals surface area contributed by atoms with Crippen LogP contribution in [0.3, 0.4) is 0 Å². The molecule has 0 saturated carbocycles. The number of ether oxygens (including phenoxy) is 1. The van der Waals surface area contributed by atoms with E-state index < -0.39 is 12.1 Å². The van der Waals surface area contributed by atoms with Gasteiger partial charge in [-0.3, -0.25) is 9.48 Å². The number of hydrogen-bond acceptors (Lipinski definition) is 4. The molecule has 1 aromatic heterocycles. The molecule has 1 atom stereocenters. The summed E-state index contributed by atoms with van der Waals surface area (Å²) >= 11 is 6.07. The predicted octanol–water partition coefficient (Wildman–Crippen LogP) is 3.45. The van der Waals surface area contributed by atoms with Crippen molar-refractivity contribution >= 4 is 23.5 Å². The van der Waals surface area contributed by atoms with Crippen molar-refractivity contribution in [1.82, 2.24) is 15.1 Å². The first-order valence-corrected chi connectivity index (χ1v) is 9.19. The Kier molecular flexibility index (Phi) is 6.45. The van der Waals surface area contributed by atoms with Gasteiger partial charge in [0.15, 0.2) is 6.10 Å². The smallest absolute Gasteiger partial charge is 0.338 e. The molecule has 1 N–H and O–H groups in total. The number of esters is 1. The third kappa shape index (κ3) is 5.20. The van der Waals surface area contributed by atoms with Crippen molar-refractivity contribution in [3.8, 4) is 0 Å². The van der Waals surface area contributed by atoms with Crippen molar-refractivity contribution in [3.63, 3.8) is 0 Å². The van der Waals surface area contributed by atoms with Crippen LogP contribution < -0.4 is 5.32 Å². The van der Waals surface area contributed by atoms with Gasteiger partial charge in [-0.2, -0.15) is 5.10 Å². The summed E-state index contributed by atoms with van der Waals surface area (Å²) in [6.45, 7) is 2.41. The SMILES string of the molecule is CC(OC(=O)c1ccc(Cn2cccn2)cc1)C(=O)NCc1ccccc1Cl. The van der Waals surface area contributed by atoms with Crippen LogP contribution in [0, 0.1) is 0 Å². The van der Waals surface area contributed by atoms with Crippen LogP contribution in [-0.2, 0) is 22.6 Å². The van der Waals surface area contributed by atoms with Crippen molar-refractivity contribution in [2.24, 2.45) is 0 Å². The maximum Gasteiger partial charge on any atom is 0.338 e. The predicted molar refractivity (Wildman–Crippen MR) is 106 cm³/mol. The van der Waals surface area contributed by atoms with Gasteiger partial charge in [-0.1, -0.05) is 41.9 Å². The third-order valence-electron chi connectivity index (χ3n) is 4.16. The average molecular weight is 398 g/mol. The molecule has 3 rings (SSSR count). The van der Waals surface area contributed by atoms with E-state index in [1.165, 1.54) is 6.92 Å². The first kappa shape index (κ1) is 19.6. The molecule has 28 heavy (non-hydrogen) atoms. The molecular weight excluding hydrogens is 378 g/mol. The Morgan fingerprint density at radius 1 is 1.14 bits per heavy atom. The standard InChI is InChI=1S/C21H20ClN3O3/c1-15(20(26)23-13-18-5-2-3-6-19(18)22)28-21(27)17-9-7-16(8-10-17)14-25-12-4-11-24-25/h2-12,15H,13-14H2,1H3,(H,23,26). The Hall–Kier alpha value is -3.12. The molecule has 6 nitrogen and oxygen atoms in total. The second-order valence-corrected chi connectivity index (χ2v) is 6.66. The molecule has 0 saturated heterocycles. The summed E-state index contributed by atoms with van der Waals surface area (Å²) in [5.41, 5.74) is 2.18. The Bertz CT molecular complexity index is 940. The lowest BCUT2D eigenvalue weighted by Gasteiger charge is -2.14. The van der Waals surface area contributed by atoms with Crippen molar-refractivity contribution in [3.05, 3.63) is 88.7 Å². The molecule has 0 aliphatic carbocycles. The minimum Gasteiger partial charge on any atom is -0.449 e. The number of aromatic nitrogens is 2. The summed E-state index contributed by atoms with van der Waals surface area (Å²) in [6.07, 6.45) is 2.66. The van der Waals surface area contributed by atoms with Gasteiger partial charge in [0.1, 0.15) is 0 Å². The normalized spacial score (nSPS) is 11.6. The minimum absolute atomic E-state index is 0.266. The molecule has 0 fully saturated rings. The van der Waals surface area contributed by atoms with Crippen LogP contribution in [0.15, 0.2) is 67.0 Å². The first-order chi connectivity index (χ1) is 13.5. The van der Waals surface area contributed by atoms with E-state index in [4.69, 9.17) is 16.3 Å². The van der Waals surface area contributed by atoms with Crippen LogP contribution in [0.1, 0.15) is 28.4 Å². The lowest BCUT2D eigenvalue weighted by molar-refractivity contribution is -0.129. The second kappa shape index (κ2) is 9.19. The highest BCUT2D eigenvalue weighted by atomic mass is 35.5. The number of halogens is 1. The molecule has 2 aromatic carbocycles. The molecule has 0 spiro atoms. The van der Waals surface area contributed by atoms with Crippen molar-refractivity contribution in [1.29, 1.82) is 0 Å². The van der Waals surface area contributed by atoms with Crippen molar-refractivity contribution < 1.29 is 14.3 Å². The number of amides is 1. The largest absolute Gasteiger partial charge is 0.449 e. The summed E-state index contributed by atoms with van der Waals surface area (Å²) in [7, 11) is 0. The quantitative estimate of drug-likeness (QED) is 0.620. The van der Waals surface area contributed by atoms with E-state index in [9.17, 15) is 9.59 Å². The van der Waals surface area contributed by atoms with Gasteiger partial charge in [0.2, 0.25) is 0 Å². The average Bonchev–Trinajstić information content (AvgIpc) is 3.20. The molecule has 7 heteroatoms. The van der Waals surface area contributed by atoms with Crippen LogP contribution in [0.4, 0.5) is 0 Å². The molecule has 1 heterocycles. The Balaban J connectivity index is 1.51. The van der Waals surface area contributed by atoms with Gasteiger partial charge in [0.25, 0.3) is 5.91 Å². The number of nitrogens with one attached hydrogen (secondary N) is 1. The highest BCUT2D eigenvalue weighted by molar-refractivity contribution is 6.31. The van der Waals surface area contributed by atoms with Crippen molar-refractivity contribution in [2.75, 3.05) is 0 Å². The van der Waals surface area contributed by atoms with Crippen LogP contribution in [0.2, 0.25) is 5.02 Å². The van der Waals surface area contributed by atoms with Crippen LogP contribution in [-0.4, -0.2) is 27.8 Å². The summed E-state index contributed by atoms with van der Waals surface area (Å²) in [6, 6.07) is 16.1. The van der Waals surface area contributed by atoms with Gasteiger partial charge in [-0.15, -0.1) is 0 Å². The van der Waals surface area contributed by atoms with E-state index >= 15 is 0 Å². The van der Waals surface area contributed by atoms with Gasteiger partial charge in [0, 0.05) is 24.0 Å². The molecule has 0 bridgehead atoms. The van der Waals surface area contributed by atoms with Crippen molar-refractivity contribution in [2.45, 2.75) is 26.1 Å². The molecule has 0 aliphatic rings. The minimum atomic E-state index is -0.918. The zero-order valence-corrected chi connectivity index (χ0v) is 16.1. The summed E-state index contributed by atoms with van der Waals surface area (Å²) in [5, 5.41) is 7.44. The lowest BCUT2D eigenvalue weighted by Crippen LogP contribution is -2.35. The molecule has 144 valence electrons. The van der Waals surface area contributed by atoms with E-state index in [-0.39, 0.29) is 12.5 Å². The number of nitrogens with zero attached hydrogens (tertiary/aromatic N) is 2. The molecule has 1 unspecified atom stereocenters. The van der Waals surface area contributed by atoms with E-state index in [0.29, 0.717) is 17.1 Å². The van der Waals surface area contributed by atoms with Gasteiger partial charge in [-0.25, -0.2) is 4.79 Å². The number of rotatable bonds is 7. The molecular formula is C21H20ClN3O3. The van der Waals surface area contributed by atoms with Gasteiger partial charge < -0.3 is 10.1 Å². The molecule has 3 aromatic rings. The highest BCUT2D eigenvalue weighted by Gasteiger charge is 2.19. The molecule has 0 aliphatic heterocycles. The summed E-state index contributed by atoms with van der Waals surface area (Å²) in [5.74, 6) is -0.936. The monoisotopic (exact) mass is 397 g/mol. The van der Waals surface area contributed by atoms with Gasteiger partial charge in [0.05, 0.1) is 12.1 Å².